The fourth-order valence-electron chi connectivity index (χ4n) is 0.949. The first-order chi connectivity index (χ1) is 7.33. The van der Waals surface area contributed by atoms with Gasteiger partial charge in [-0.2, -0.15) is 8.42 Å². The summed E-state index contributed by atoms with van der Waals surface area (Å²) < 4.78 is 18.3. The van der Waals surface area contributed by atoms with Gasteiger partial charge in [0.15, 0.2) is 0 Å². The van der Waals surface area contributed by atoms with Crippen molar-refractivity contribution < 1.29 is 8.42 Å². The Kier molecular flexibility index (Phi) is 7.93. The average molecular weight is 299 g/mol. The van der Waals surface area contributed by atoms with E-state index in [1.807, 2.05) is 18.2 Å². The summed E-state index contributed by atoms with van der Waals surface area (Å²) in [5.41, 5.74) is 1.32. The molecule has 0 radical (unpaired) electrons. The zero-order valence-electron chi connectivity index (χ0n) is 8.69. The van der Waals surface area contributed by atoms with Crippen molar-refractivity contribution >= 4 is 46.7 Å². The lowest BCUT2D eigenvalue weighted by Crippen LogP contribution is -1.96. The number of hydrogen-bond donors (Lipinski definition) is 0. The summed E-state index contributed by atoms with van der Waals surface area (Å²) in [6, 6.07) is 10.4. The van der Waals surface area contributed by atoms with Gasteiger partial charge < -0.3 is 0 Å². The summed E-state index contributed by atoms with van der Waals surface area (Å²) in [5.74, 6) is 0. The third-order valence-corrected chi connectivity index (χ3v) is 2.07. The highest BCUT2D eigenvalue weighted by Crippen LogP contribution is 2.02. The summed E-state index contributed by atoms with van der Waals surface area (Å²) in [7, 11) is 4.81. The summed E-state index contributed by atoms with van der Waals surface area (Å²) >= 11 is 5.14. The van der Waals surface area contributed by atoms with Crippen molar-refractivity contribution in [2.24, 2.45) is 0 Å². The highest BCUT2D eigenvalue weighted by atomic mass is 36.0. The topological polar surface area (TPSA) is 34.1 Å². The third kappa shape index (κ3) is 11.9. The number of rotatable bonds is 3. The molecule has 1 rings (SSSR count). The maximum Gasteiger partial charge on any atom is 0.317 e. The van der Waals surface area contributed by atoms with Gasteiger partial charge in [-0.3, -0.25) is 0 Å². The molecule has 0 saturated carbocycles. The van der Waals surface area contributed by atoms with Crippen molar-refractivity contribution in [3.8, 4) is 0 Å². The maximum absolute atomic E-state index is 9.16. The predicted molar refractivity (Wildman–Crippen MR) is 73.7 cm³/mol. The Hall–Kier alpha value is -0.160. The van der Waals surface area contributed by atoms with E-state index >= 15 is 0 Å². The molecule has 0 bridgehead atoms. The Morgan fingerprint density at radius 2 is 1.69 bits per heavy atom. The molecule has 0 fully saturated rings. The molecule has 0 aliphatic heterocycles. The van der Waals surface area contributed by atoms with Crippen LogP contribution in [0.5, 0.6) is 0 Å². The van der Waals surface area contributed by atoms with E-state index in [0.29, 0.717) is 0 Å². The maximum atomic E-state index is 9.16. The van der Waals surface area contributed by atoms with E-state index in [2.05, 4.69) is 40.4 Å². The van der Waals surface area contributed by atoms with Crippen LogP contribution in [0.3, 0.4) is 0 Å². The smallest absolute Gasteiger partial charge is 0.195 e. The van der Waals surface area contributed by atoms with E-state index in [0.717, 1.165) is 17.7 Å². The Morgan fingerprint density at radius 1 is 1.25 bits per heavy atom. The third-order valence-electron chi connectivity index (χ3n) is 1.64. The molecule has 0 spiro atoms. The van der Waals surface area contributed by atoms with Crippen molar-refractivity contribution in [1.29, 1.82) is 0 Å². The van der Waals surface area contributed by atoms with Crippen LogP contribution in [0.4, 0.5) is 0 Å². The Morgan fingerprint density at radius 3 is 2.06 bits per heavy atom. The molecule has 0 unspecified atom stereocenters. The van der Waals surface area contributed by atoms with Crippen LogP contribution in [0.25, 0.3) is 0 Å². The van der Waals surface area contributed by atoms with Crippen molar-refractivity contribution in [3.05, 3.63) is 35.9 Å². The standard InChI is InChI=1S/C10H12S.Cl2O2S/c1-2-10(11)8-9-6-4-3-5-7-9;1-5(2,3)4/h3-7H,2,8H2,1H3;. The lowest BCUT2D eigenvalue weighted by Gasteiger charge is -1.99. The van der Waals surface area contributed by atoms with Crippen LogP contribution in [0.2, 0.25) is 0 Å². The molecule has 0 heterocycles. The lowest BCUT2D eigenvalue weighted by atomic mass is 10.1. The van der Waals surface area contributed by atoms with Crippen LogP contribution < -0.4 is 0 Å². The fourth-order valence-corrected chi connectivity index (χ4v) is 1.12. The average Bonchev–Trinajstić information content (AvgIpc) is 2.16. The number of thiocarbonyl (C=S) groups is 1. The Bertz CT molecular complexity index is 408. The molecule has 0 aromatic heterocycles. The minimum atomic E-state index is -3.72. The Labute approximate surface area is 110 Å². The second-order valence-corrected chi connectivity index (χ2v) is 7.18. The first-order valence-electron chi connectivity index (χ1n) is 4.52. The van der Waals surface area contributed by atoms with Crippen molar-refractivity contribution in [1.82, 2.24) is 0 Å². The van der Waals surface area contributed by atoms with Gasteiger partial charge in [0.1, 0.15) is 0 Å². The van der Waals surface area contributed by atoms with Crippen molar-refractivity contribution in [2.45, 2.75) is 19.8 Å². The first kappa shape index (κ1) is 15.8. The molecule has 6 heteroatoms. The molecular weight excluding hydrogens is 287 g/mol. The van der Waals surface area contributed by atoms with Gasteiger partial charge in [0.05, 0.1) is 0 Å². The molecule has 0 aliphatic carbocycles. The molecule has 0 atom stereocenters. The molecule has 0 amide bonds. The van der Waals surface area contributed by atoms with Crippen molar-refractivity contribution in [2.75, 3.05) is 0 Å². The summed E-state index contributed by atoms with van der Waals surface area (Å²) in [6.07, 6.45) is 1.96. The van der Waals surface area contributed by atoms with Gasteiger partial charge in [-0.25, -0.2) is 0 Å². The zero-order chi connectivity index (χ0) is 12.6. The van der Waals surface area contributed by atoms with Gasteiger partial charge >= 0.3 is 8.26 Å². The molecular formula is C10H12Cl2O2S2. The fraction of sp³-hybridized carbons (Fsp3) is 0.300. The van der Waals surface area contributed by atoms with E-state index in [-0.39, 0.29) is 0 Å². The minimum Gasteiger partial charge on any atom is -0.195 e. The SMILES string of the molecule is CCC(=S)Cc1ccccc1.O=S(=O)(Cl)Cl. The molecule has 0 saturated heterocycles. The highest BCUT2D eigenvalue weighted by molar-refractivity contribution is 8.31. The molecule has 90 valence electrons. The quantitative estimate of drug-likeness (QED) is 0.630. The number of benzene rings is 1. The largest absolute Gasteiger partial charge is 0.317 e. The van der Waals surface area contributed by atoms with E-state index in [1.54, 1.807) is 0 Å². The van der Waals surface area contributed by atoms with Crippen LogP contribution in [0, 0.1) is 0 Å². The summed E-state index contributed by atoms with van der Waals surface area (Å²) in [6.45, 7) is 2.10. The van der Waals surface area contributed by atoms with Gasteiger partial charge in [0.25, 0.3) is 0 Å². The molecule has 1 aromatic rings. The van der Waals surface area contributed by atoms with Crippen LogP contribution >= 0.6 is 33.6 Å². The normalized spacial score (nSPS) is 10.2. The van der Waals surface area contributed by atoms with E-state index in [4.69, 9.17) is 20.6 Å². The lowest BCUT2D eigenvalue weighted by molar-refractivity contribution is 0.621. The molecule has 0 aliphatic rings. The minimum absolute atomic E-state index is 0.951. The zero-order valence-corrected chi connectivity index (χ0v) is 11.8. The monoisotopic (exact) mass is 298 g/mol. The van der Waals surface area contributed by atoms with Gasteiger partial charge in [-0.1, -0.05) is 49.5 Å². The number of halogens is 2. The van der Waals surface area contributed by atoms with E-state index < -0.39 is 8.26 Å². The van der Waals surface area contributed by atoms with Gasteiger partial charge in [-0.15, -0.1) is 0 Å². The van der Waals surface area contributed by atoms with Crippen LogP contribution in [0.1, 0.15) is 18.9 Å². The van der Waals surface area contributed by atoms with Crippen molar-refractivity contribution in [3.63, 3.8) is 0 Å². The summed E-state index contributed by atoms with van der Waals surface area (Å²) in [4.78, 5) is 1.14. The van der Waals surface area contributed by atoms with E-state index in [9.17, 15) is 0 Å². The Balaban J connectivity index is 0.000000385. The predicted octanol–water partition coefficient (Wildman–Crippen LogP) is 3.72. The molecule has 16 heavy (non-hydrogen) atoms. The molecule has 2 nitrogen and oxygen atoms in total. The van der Waals surface area contributed by atoms with Gasteiger partial charge in [0, 0.05) is 27.8 Å². The first-order valence-corrected chi connectivity index (χ1v) is 8.07. The summed E-state index contributed by atoms with van der Waals surface area (Å²) in [5, 5.41) is 0. The van der Waals surface area contributed by atoms with Gasteiger partial charge in [-0.05, 0) is 16.8 Å². The van der Waals surface area contributed by atoms with E-state index in [1.165, 1.54) is 5.56 Å². The van der Waals surface area contributed by atoms with Crippen LogP contribution in [-0.2, 0) is 14.7 Å². The van der Waals surface area contributed by atoms with Crippen LogP contribution in [-0.4, -0.2) is 13.3 Å². The molecule has 1 aromatic carbocycles. The van der Waals surface area contributed by atoms with Gasteiger partial charge in [0.2, 0.25) is 0 Å². The second kappa shape index (κ2) is 8.01. The second-order valence-electron chi connectivity index (χ2n) is 2.93. The highest BCUT2D eigenvalue weighted by Gasteiger charge is 1.94. The number of hydrogen-bond acceptors (Lipinski definition) is 3. The molecule has 0 N–H and O–H groups in total. The van der Waals surface area contributed by atoms with Crippen LogP contribution in [0.15, 0.2) is 30.3 Å².